The average molecular weight is 554 g/mol. The van der Waals surface area contributed by atoms with E-state index in [1.807, 2.05) is 26.2 Å². The van der Waals surface area contributed by atoms with Gasteiger partial charge in [0.2, 0.25) is 0 Å². The lowest BCUT2D eigenvalue weighted by Gasteiger charge is -2.59. The van der Waals surface area contributed by atoms with Crippen molar-refractivity contribution in [1.29, 1.82) is 0 Å². The van der Waals surface area contributed by atoms with Gasteiger partial charge in [-0.25, -0.2) is 0 Å². The van der Waals surface area contributed by atoms with E-state index in [0.29, 0.717) is 52.1 Å². The molecule has 6 rings (SSSR count). The van der Waals surface area contributed by atoms with Crippen LogP contribution in [0.3, 0.4) is 0 Å². The predicted octanol–water partition coefficient (Wildman–Crippen LogP) is 5.44. The molecule has 0 radical (unpaired) electrons. The smallest absolute Gasteiger partial charge is 0.190 e. The fourth-order valence-electron chi connectivity index (χ4n) is 9.88. The zero-order chi connectivity index (χ0) is 28.1. The Morgan fingerprint density at radius 2 is 1.77 bits per heavy atom. The standard InChI is InChI=1S/C32H47N3O5/c1-31(37)15-16-32(19-38-2)20(17-31)9-10-23-22-11-12-24(21(22)7-5-6-8-25(23)32)27(36)18-35-33-26-13-14-28(39-3)30(40-4)29(26)34-35/h13-14,20-25,37H,5-12,15-19H2,1-4H3/t20?,21-,22-,23+,24+,25+,31-,32-/m1/s1. The highest BCUT2D eigenvalue weighted by atomic mass is 16.5. The summed E-state index contributed by atoms with van der Waals surface area (Å²) in [6.07, 6.45) is 12.2. The van der Waals surface area contributed by atoms with E-state index in [2.05, 4.69) is 10.2 Å². The Balaban J connectivity index is 1.22. The molecule has 8 heteroatoms. The molecular weight excluding hydrogens is 506 g/mol. The molecule has 0 aliphatic heterocycles. The van der Waals surface area contributed by atoms with Crippen molar-refractivity contribution in [3.63, 3.8) is 0 Å². The monoisotopic (exact) mass is 553 g/mol. The van der Waals surface area contributed by atoms with Crippen LogP contribution in [-0.4, -0.2) is 59.4 Å². The Bertz CT molecular complexity index is 1230. The molecule has 8 nitrogen and oxygen atoms in total. The van der Waals surface area contributed by atoms with Crippen molar-refractivity contribution in [3.05, 3.63) is 12.1 Å². The minimum atomic E-state index is -0.551. The summed E-state index contributed by atoms with van der Waals surface area (Å²) in [5.41, 5.74) is 0.947. The Kier molecular flexibility index (Phi) is 7.62. The third kappa shape index (κ3) is 4.73. The number of methoxy groups -OCH3 is 3. The molecule has 0 spiro atoms. The quantitative estimate of drug-likeness (QED) is 0.487. The van der Waals surface area contributed by atoms with Crippen molar-refractivity contribution in [2.24, 2.45) is 40.9 Å². The summed E-state index contributed by atoms with van der Waals surface area (Å²) in [5, 5.41) is 20.2. The van der Waals surface area contributed by atoms with Gasteiger partial charge in [-0.05, 0) is 112 Å². The first-order chi connectivity index (χ1) is 19.3. The second kappa shape index (κ2) is 10.9. The molecule has 1 aromatic heterocycles. The predicted molar refractivity (Wildman–Crippen MR) is 152 cm³/mol. The normalized spacial score (nSPS) is 37.6. The van der Waals surface area contributed by atoms with Crippen LogP contribution < -0.4 is 9.47 Å². The van der Waals surface area contributed by atoms with Gasteiger partial charge in [0.05, 0.1) is 26.4 Å². The molecule has 2 aromatic rings. The molecule has 1 aromatic carbocycles. The van der Waals surface area contributed by atoms with E-state index < -0.39 is 5.60 Å². The van der Waals surface area contributed by atoms with Gasteiger partial charge in [0, 0.05) is 13.0 Å². The maximum absolute atomic E-state index is 13.8. The van der Waals surface area contributed by atoms with E-state index in [1.54, 1.807) is 19.0 Å². The van der Waals surface area contributed by atoms with Crippen molar-refractivity contribution in [3.8, 4) is 11.5 Å². The highest BCUT2D eigenvalue weighted by Gasteiger charge is 2.58. The number of Topliss-reactive ketones (excluding diaryl/α,β-unsaturated/α-hetero) is 1. The zero-order valence-corrected chi connectivity index (χ0v) is 24.7. The molecule has 220 valence electrons. The second-order valence-electron chi connectivity index (χ2n) is 13.6. The van der Waals surface area contributed by atoms with Crippen LogP contribution in [0.2, 0.25) is 0 Å². The van der Waals surface area contributed by atoms with Crippen molar-refractivity contribution >= 4 is 16.8 Å². The summed E-state index contributed by atoms with van der Waals surface area (Å²) >= 11 is 0. The fourth-order valence-corrected chi connectivity index (χ4v) is 9.88. The van der Waals surface area contributed by atoms with Gasteiger partial charge in [-0.1, -0.05) is 12.8 Å². The molecular formula is C32H47N3O5. The number of carbonyl (C=O) groups is 1. The number of rotatable bonds is 7. The fraction of sp³-hybridized carbons (Fsp3) is 0.781. The molecule has 0 bridgehead atoms. The first-order valence-electron chi connectivity index (χ1n) is 15.5. The number of nitrogens with zero attached hydrogens (tertiary/aromatic N) is 3. The van der Waals surface area contributed by atoms with Gasteiger partial charge in [-0.3, -0.25) is 4.79 Å². The molecule has 4 aliphatic rings. The SMILES string of the molecule is COC[C@]12CC[C@@](C)(O)CC1CC[C@H]1[C@@H]3CC[C@H](C(=O)Cn4nc5ccc(OC)c(OC)c5n4)[C@@H]3CCCC[C@@H]12. The molecule has 1 unspecified atom stereocenters. The lowest BCUT2D eigenvalue weighted by atomic mass is 9.47. The number of aliphatic hydroxyl groups is 1. The second-order valence-corrected chi connectivity index (χ2v) is 13.6. The lowest BCUT2D eigenvalue weighted by Crippen LogP contribution is -2.56. The van der Waals surface area contributed by atoms with Gasteiger partial charge in [-0.15, -0.1) is 5.10 Å². The highest BCUT2D eigenvalue weighted by molar-refractivity contribution is 5.85. The number of ketones is 1. The van der Waals surface area contributed by atoms with E-state index in [4.69, 9.17) is 14.2 Å². The summed E-state index contributed by atoms with van der Waals surface area (Å²) in [5.74, 6) is 4.37. The molecule has 0 amide bonds. The van der Waals surface area contributed by atoms with Crippen LogP contribution in [-0.2, 0) is 16.1 Å². The lowest BCUT2D eigenvalue weighted by molar-refractivity contribution is -0.157. The molecule has 8 atom stereocenters. The van der Waals surface area contributed by atoms with Crippen LogP contribution in [0, 0.1) is 40.9 Å². The molecule has 40 heavy (non-hydrogen) atoms. The van der Waals surface area contributed by atoms with Crippen molar-refractivity contribution < 1.29 is 24.1 Å². The van der Waals surface area contributed by atoms with Gasteiger partial charge in [0.15, 0.2) is 22.8 Å². The van der Waals surface area contributed by atoms with E-state index in [0.717, 1.165) is 45.1 Å². The number of aromatic nitrogens is 3. The minimum absolute atomic E-state index is 0.0810. The molecule has 1 heterocycles. The number of carbonyl (C=O) groups excluding carboxylic acids is 1. The Morgan fingerprint density at radius 3 is 2.55 bits per heavy atom. The molecule has 4 saturated carbocycles. The number of hydrogen-bond donors (Lipinski definition) is 1. The zero-order valence-electron chi connectivity index (χ0n) is 24.7. The summed E-state index contributed by atoms with van der Waals surface area (Å²) < 4.78 is 16.9. The van der Waals surface area contributed by atoms with Crippen LogP contribution in [0.1, 0.15) is 77.6 Å². The highest BCUT2D eigenvalue weighted by Crippen LogP contribution is 2.63. The summed E-state index contributed by atoms with van der Waals surface area (Å²) in [6, 6.07) is 3.69. The number of hydrogen-bond acceptors (Lipinski definition) is 7. The summed E-state index contributed by atoms with van der Waals surface area (Å²) in [4.78, 5) is 15.4. The molecule has 4 fully saturated rings. The Morgan fingerprint density at radius 1 is 0.975 bits per heavy atom. The van der Waals surface area contributed by atoms with Crippen LogP contribution in [0.5, 0.6) is 11.5 Å². The maximum Gasteiger partial charge on any atom is 0.190 e. The summed E-state index contributed by atoms with van der Waals surface area (Å²) in [6.45, 7) is 3.04. The van der Waals surface area contributed by atoms with E-state index in [9.17, 15) is 9.90 Å². The van der Waals surface area contributed by atoms with Gasteiger partial charge in [-0.2, -0.15) is 9.90 Å². The van der Waals surface area contributed by atoms with Crippen molar-refractivity contribution in [1.82, 2.24) is 15.0 Å². The Hall–Kier alpha value is -2.19. The van der Waals surface area contributed by atoms with Gasteiger partial charge in [0.25, 0.3) is 0 Å². The maximum atomic E-state index is 13.8. The average Bonchev–Trinajstić information content (AvgIpc) is 3.52. The summed E-state index contributed by atoms with van der Waals surface area (Å²) in [7, 11) is 5.06. The topological polar surface area (TPSA) is 95.7 Å². The number of ether oxygens (including phenoxy) is 3. The molecule has 0 saturated heterocycles. The van der Waals surface area contributed by atoms with E-state index >= 15 is 0 Å². The third-order valence-electron chi connectivity index (χ3n) is 11.5. The first-order valence-corrected chi connectivity index (χ1v) is 15.5. The number of fused-ring (bicyclic) bond motifs is 6. The molecule has 1 N–H and O–H groups in total. The minimum Gasteiger partial charge on any atom is -0.493 e. The van der Waals surface area contributed by atoms with Crippen LogP contribution >= 0.6 is 0 Å². The van der Waals surface area contributed by atoms with E-state index in [1.165, 1.54) is 32.1 Å². The van der Waals surface area contributed by atoms with Crippen molar-refractivity contribution in [2.45, 2.75) is 89.7 Å². The first kappa shape index (κ1) is 28.0. The van der Waals surface area contributed by atoms with Crippen LogP contribution in [0.25, 0.3) is 11.0 Å². The van der Waals surface area contributed by atoms with Crippen LogP contribution in [0.4, 0.5) is 0 Å². The van der Waals surface area contributed by atoms with E-state index in [-0.39, 0.29) is 23.7 Å². The van der Waals surface area contributed by atoms with Gasteiger partial charge >= 0.3 is 0 Å². The number of benzene rings is 1. The molecule has 4 aliphatic carbocycles. The van der Waals surface area contributed by atoms with Crippen molar-refractivity contribution in [2.75, 3.05) is 27.9 Å². The third-order valence-corrected chi connectivity index (χ3v) is 11.5. The van der Waals surface area contributed by atoms with Gasteiger partial charge < -0.3 is 19.3 Å². The Labute approximate surface area is 238 Å². The van der Waals surface area contributed by atoms with Gasteiger partial charge in [0.1, 0.15) is 12.1 Å². The largest absolute Gasteiger partial charge is 0.493 e. The van der Waals surface area contributed by atoms with Crippen LogP contribution in [0.15, 0.2) is 12.1 Å².